The Morgan fingerprint density at radius 1 is 1.67 bits per heavy atom. The van der Waals surface area contributed by atoms with Gasteiger partial charge in [-0.05, 0) is 13.0 Å². The quantitative estimate of drug-likeness (QED) is 0.617. The van der Waals surface area contributed by atoms with Gasteiger partial charge in [0, 0.05) is 22.0 Å². The Bertz CT molecular complexity index is 185. The molecule has 0 saturated heterocycles. The summed E-state index contributed by atoms with van der Waals surface area (Å²) >= 11 is 1.66. The van der Waals surface area contributed by atoms with Crippen LogP contribution in [0.4, 0.5) is 5.69 Å². The summed E-state index contributed by atoms with van der Waals surface area (Å²) in [5.74, 6) is 0. The Morgan fingerprint density at radius 3 is 2.56 bits per heavy atom. The zero-order valence-electron chi connectivity index (χ0n) is 5.35. The van der Waals surface area contributed by atoms with Gasteiger partial charge < -0.3 is 11.5 Å². The highest BCUT2D eigenvalue weighted by atomic mass is 32.1. The number of nitrogens with two attached hydrogens (primary N) is 2. The third kappa shape index (κ3) is 1.23. The first-order valence-corrected chi connectivity index (χ1v) is 3.60. The minimum Gasteiger partial charge on any atom is -0.398 e. The summed E-state index contributed by atoms with van der Waals surface area (Å²) in [7, 11) is 0. The molecule has 2 nitrogen and oxygen atoms in total. The third-order valence-electron chi connectivity index (χ3n) is 1.21. The van der Waals surface area contributed by atoms with E-state index in [1.807, 2.05) is 13.0 Å². The fraction of sp³-hybridized carbons (Fsp3) is 0.333. The van der Waals surface area contributed by atoms with Crippen LogP contribution in [0.15, 0.2) is 6.07 Å². The van der Waals surface area contributed by atoms with Crippen LogP contribution in [0, 0.1) is 6.92 Å². The van der Waals surface area contributed by atoms with E-state index in [-0.39, 0.29) is 0 Å². The van der Waals surface area contributed by atoms with Gasteiger partial charge in [-0.15, -0.1) is 11.3 Å². The van der Waals surface area contributed by atoms with Crippen molar-refractivity contribution >= 4 is 17.0 Å². The molecule has 4 N–H and O–H groups in total. The third-order valence-corrected chi connectivity index (χ3v) is 2.30. The lowest BCUT2D eigenvalue weighted by Crippen LogP contribution is -1.91. The summed E-state index contributed by atoms with van der Waals surface area (Å²) in [5, 5.41) is 0. The molecule has 1 aromatic rings. The van der Waals surface area contributed by atoms with Gasteiger partial charge in [0.1, 0.15) is 0 Å². The van der Waals surface area contributed by atoms with E-state index < -0.39 is 0 Å². The molecule has 0 unspecified atom stereocenters. The van der Waals surface area contributed by atoms with Gasteiger partial charge in [0.2, 0.25) is 0 Å². The number of aryl methyl sites for hydroxylation is 1. The van der Waals surface area contributed by atoms with E-state index in [0.717, 1.165) is 15.4 Å². The largest absolute Gasteiger partial charge is 0.398 e. The smallest absolute Gasteiger partial charge is 0.0455 e. The number of rotatable bonds is 1. The number of nitrogen functional groups attached to an aromatic ring is 1. The Morgan fingerprint density at radius 2 is 2.33 bits per heavy atom. The molecule has 0 aromatic carbocycles. The fourth-order valence-corrected chi connectivity index (χ4v) is 1.50. The fourth-order valence-electron chi connectivity index (χ4n) is 0.661. The van der Waals surface area contributed by atoms with E-state index in [1.165, 1.54) is 0 Å². The van der Waals surface area contributed by atoms with Gasteiger partial charge in [0.25, 0.3) is 0 Å². The van der Waals surface area contributed by atoms with Crippen molar-refractivity contribution in [1.82, 2.24) is 0 Å². The first-order valence-electron chi connectivity index (χ1n) is 2.79. The lowest BCUT2D eigenvalue weighted by atomic mass is 10.4. The molecule has 0 aliphatic rings. The van der Waals surface area contributed by atoms with Gasteiger partial charge in [-0.2, -0.15) is 0 Å². The molecule has 1 aromatic heterocycles. The molecule has 0 spiro atoms. The minimum atomic E-state index is 0.600. The molecule has 0 saturated carbocycles. The molecule has 0 radical (unpaired) electrons. The van der Waals surface area contributed by atoms with Crippen LogP contribution in [0.1, 0.15) is 9.75 Å². The summed E-state index contributed by atoms with van der Waals surface area (Å²) in [6.07, 6.45) is 0. The standard InChI is InChI=1S/C6H10N2S/c1-4-6(8)2-5(3-7)9-4/h2H,3,7-8H2,1H3. The number of hydrogen-bond donors (Lipinski definition) is 2. The minimum absolute atomic E-state index is 0.600. The molecule has 3 heteroatoms. The number of anilines is 1. The molecule has 0 atom stereocenters. The molecular weight excluding hydrogens is 132 g/mol. The van der Waals surface area contributed by atoms with E-state index >= 15 is 0 Å². The summed E-state index contributed by atoms with van der Waals surface area (Å²) in [5.41, 5.74) is 11.8. The van der Waals surface area contributed by atoms with Crippen molar-refractivity contribution in [2.45, 2.75) is 13.5 Å². The molecule has 0 fully saturated rings. The highest BCUT2D eigenvalue weighted by Crippen LogP contribution is 2.22. The Labute approximate surface area is 58.5 Å². The van der Waals surface area contributed by atoms with Crippen LogP contribution in [-0.4, -0.2) is 0 Å². The van der Waals surface area contributed by atoms with Crippen molar-refractivity contribution in [1.29, 1.82) is 0 Å². The van der Waals surface area contributed by atoms with Gasteiger partial charge >= 0.3 is 0 Å². The molecule has 0 bridgehead atoms. The van der Waals surface area contributed by atoms with E-state index in [9.17, 15) is 0 Å². The number of thiophene rings is 1. The molecule has 1 rings (SSSR count). The van der Waals surface area contributed by atoms with Crippen molar-refractivity contribution in [3.63, 3.8) is 0 Å². The Hall–Kier alpha value is -0.540. The van der Waals surface area contributed by atoms with Crippen LogP contribution in [0.5, 0.6) is 0 Å². The predicted molar refractivity (Wildman–Crippen MR) is 41.4 cm³/mol. The monoisotopic (exact) mass is 142 g/mol. The van der Waals surface area contributed by atoms with Gasteiger partial charge in [0.05, 0.1) is 0 Å². The molecular formula is C6H10N2S. The summed E-state index contributed by atoms with van der Waals surface area (Å²) < 4.78 is 0. The zero-order chi connectivity index (χ0) is 6.85. The van der Waals surface area contributed by atoms with Crippen molar-refractivity contribution in [3.8, 4) is 0 Å². The van der Waals surface area contributed by atoms with Gasteiger partial charge in [-0.1, -0.05) is 0 Å². The van der Waals surface area contributed by atoms with E-state index in [1.54, 1.807) is 11.3 Å². The molecule has 0 aliphatic carbocycles. The van der Waals surface area contributed by atoms with Crippen molar-refractivity contribution in [2.24, 2.45) is 5.73 Å². The van der Waals surface area contributed by atoms with Gasteiger partial charge in [-0.25, -0.2) is 0 Å². The SMILES string of the molecule is Cc1sc(CN)cc1N. The van der Waals surface area contributed by atoms with Crippen LogP contribution >= 0.6 is 11.3 Å². The van der Waals surface area contributed by atoms with Crippen molar-refractivity contribution in [2.75, 3.05) is 5.73 Å². The molecule has 9 heavy (non-hydrogen) atoms. The second-order valence-electron chi connectivity index (χ2n) is 1.93. The van der Waals surface area contributed by atoms with Crippen molar-refractivity contribution < 1.29 is 0 Å². The average Bonchev–Trinajstić information content (AvgIpc) is 2.13. The highest BCUT2D eigenvalue weighted by Gasteiger charge is 1.97. The lowest BCUT2D eigenvalue weighted by Gasteiger charge is -1.81. The molecule has 0 aliphatic heterocycles. The second kappa shape index (κ2) is 2.37. The van der Waals surface area contributed by atoms with Gasteiger partial charge in [-0.3, -0.25) is 0 Å². The van der Waals surface area contributed by atoms with Crippen LogP contribution < -0.4 is 11.5 Å². The maximum Gasteiger partial charge on any atom is 0.0455 e. The zero-order valence-corrected chi connectivity index (χ0v) is 6.16. The van der Waals surface area contributed by atoms with E-state index in [2.05, 4.69) is 0 Å². The van der Waals surface area contributed by atoms with Crippen molar-refractivity contribution in [3.05, 3.63) is 15.8 Å². The Balaban J connectivity index is 2.98. The summed E-state index contributed by atoms with van der Waals surface area (Å²) in [6.45, 7) is 2.60. The van der Waals surface area contributed by atoms with E-state index in [0.29, 0.717) is 6.54 Å². The van der Waals surface area contributed by atoms with Crippen LogP contribution in [-0.2, 0) is 6.54 Å². The average molecular weight is 142 g/mol. The van der Waals surface area contributed by atoms with Gasteiger partial charge in [0.15, 0.2) is 0 Å². The molecule has 50 valence electrons. The normalized spacial score (nSPS) is 10.0. The molecule has 1 heterocycles. The van der Waals surface area contributed by atoms with Crippen LogP contribution in [0.2, 0.25) is 0 Å². The maximum absolute atomic E-state index is 5.57. The Kier molecular flexibility index (Phi) is 1.73. The maximum atomic E-state index is 5.57. The van der Waals surface area contributed by atoms with Crippen LogP contribution in [0.25, 0.3) is 0 Å². The van der Waals surface area contributed by atoms with E-state index in [4.69, 9.17) is 11.5 Å². The first-order chi connectivity index (χ1) is 4.24. The molecule has 0 amide bonds. The summed E-state index contributed by atoms with van der Waals surface area (Å²) in [6, 6.07) is 1.93. The predicted octanol–water partition coefficient (Wildman–Crippen LogP) is 1.10. The topological polar surface area (TPSA) is 52.0 Å². The highest BCUT2D eigenvalue weighted by molar-refractivity contribution is 7.12. The summed E-state index contributed by atoms with van der Waals surface area (Å²) in [4.78, 5) is 2.32. The lowest BCUT2D eigenvalue weighted by molar-refractivity contribution is 1.11. The second-order valence-corrected chi connectivity index (χ2v) is 3.27. The first kappa shape index (κ1) is 6.58. The van der Waals surface area contributed by atoms with Crippen LogP contribution in [0.3, 0.4) is 0 Å². The number of hydrogen-bond acceptors (Lipinski definition) is 3.